The maximum atomic E-state index is 12.6. The van der Waals surface area contributed by atoms with Gasteiger partial charge in [0, 0.05) is 27.3 Å². The van der Waals surface area contributed by atoms with E-state index in [4.69, 9.17) is 4.74 Å². The first-order chi connectivity index (χ1) is 11.4. The molecule has 2 aromatic heterocycles. The number of aliphatic hydroxyl groups excluding tert-OH is 1. The van der Waals surface area contributed by atoms with Crippen LogP contribution in [0.25, 0.3) is 0 Å². The average Bonchev–Trinajstić information content (AvgIpc) is 3.13. The molecule has 3 heterocycles. The molecule has 8 heteroatoms. The highest BCUT2D eigenvalue weighted by Gasteiger charge is 2.36. The number of hydrogen-bond acceptors (Lipinski definition) is 6. The van der Waals surface area contributed by atoms with E-state index in [-0.39, 0.29) is 12.5 Å². The van der Waals surface area contributed by atoms with E-state index in [0.29, 0.717) is 17.9 Å². The third-order valence-corrected chi connectivity index (χ3v) is 3.95. The minimum atomic E-state index is -0.733. The second-order valence-electron chi connectivity index (χ2n) is 6.08. The summed E-state index contributed by atoms with van der Waals surface area (Å²) < 4.78 is 7.35. The fourth-order valence-electron chi connectivity index (χ4n) is 2.63. The van der Waals surface area contributed by atoms with Crippen molar-refractivity contribution in [3.05, 3.63) is 36.3 Å². The van der Waals surface area contributed by atoms with Crippen LogP contribution >= 0.6 is 0 Å². The number of amides is 1. The molecule has 24 heavy (non-hydrogen) atoms. The number of hydrogen-bond donors (Lipinski definition) is 1. The van der Waals surface area contributed by atoms with Gasteiger partial charge < -0.3 is 19.6 Å². The number of rotatable bonds is 4. The second-order valence-corrected chi connectivity index (χ2v) is 6.08. The smallest absolute Gasteiger partial charge is 0.255 e. The Kier molecular flexibility index (Phi) is 4.39. The van der Waals surface area contributed by atoms with Crippen LogP contribution in [0.4, 0.5) is 5.82 Å². The lowest BCUT2D eigenvalue weighted by atomic mass is 10.2. The predicted octanol–water partition coefficient (Wildman–Crippen LogP) is 0.145. The van der Waals surface area contributed by atoms with E-state index in [1.54, 1.807) is 47.4 Å². The van der Waals surface area contributed by atoms with Gasteiger partial charge in [-0.3, -0.25) is 9.48 Å². The van der Waals surface area contributed by atoms with Crippen LogP contribution in [-0.4, -0.2) is 70.1 Å². The zero-order chi connectivity index (χ0) is 17.3. The van der Waals surface area contributed by atoms with E-state index in [9.17, 15) is 9.90 Å². The summed E-state index contributed by atoms with van der Waals surface area (Å²) >= 11 is 0. The lowest BCUT2D eigenvalue weighted by Gasteiger charge is -2.17. The maximum absolute atomic E-state index is 12.6. The highest BCUT2D eigenvalue weighted by molar-refractivity contribution is 5.94. The number of ether oxygens (including phenoxy) is 1. The van der Waals surface area contributed by atoms with Gasteiger partial charge in [-0.05, 0) is 12.1 Å². The van der Waals surface area contributed by atoms with E-state index < -0.39 is 12.2 Å². The first kappa shape index (κ1) is 16.3. The Bertz CT molecular complexity index is 713. The van der Waals surface area contributed by atoms with Crippen molar-refractivity contribution in [2.75, 3.05) is 32.1 Å². The summed E-state index contributed by atoms with van der Waals surface area (Å²) in [6.45, 7) is 0.559. The molecule has 0 saturated carbocycles. The van der Waals surface area contributed by atoms with Crippen LogP contribution in [0.1, 0.15) is 10.4 Å². The van der Waals surface area contributed by atoms with Crippen molar-refractivity contribution in [2.24, 2.45) is 7.05 Å². The molecule has 1 saturated heterocycles. The summed E-state index contributed by atoms with van der Waals surface area (Å²) in [6.07, 6.45) is 3.66. The predicted molar refractivity (Wildman–Crippen MR) is 88.1 cm³/mol. The molecule has 128 valence electrons. The van der Waals surface area contributed by atoms with Gasteiger partial charge in [-0.2, -0.15) is 5.10 Å². The van der Waals surface area contributed by atoms with E-state index >= 15 is 0 Å². The number of pyridine rings is 1. The van der Waals surface area contributed by atoms with Crippen molar-refractivity contribution >= 4 is 11.7 Å². The number of β-amino-alcohol motifs (C(OH)–C–C–N with tert-alkyl or cyclic N) is 1. The third-order valence-electron chi connectivity index (χ3n) is 3.95. The van der Waals surface area contributed by atoms with Crippen LogP contribution in [0.5, 0.6) is 5.75 Å². The SMILES string of the molecule is CN(C)c1ccc(C(=O)N2C[C@@H](O)[C@H](Oc3cnn(C)c3)C2)cn1. The van der Waals surface area contributed by atoms with Crippen LogP contribution in [0.15, 0.2) is 30.7 Å². The van der Waals surface area contributed by atoms with Gasteiger partial charge in [0.05, 0.1) is 31.0 Å². The van der Waals surface area contributed by atoms with Gasteiger partial charge >= 0.3 is 0 Å². The number of aliphatic hydroxyl groups is 1. The number of aryl methyl sites for hydroxylation is 1. The van der Waals surface area contributed by atoms with E-state index in [1.807, 2.05) is 19.0 Å². The molecule has 8 nitrogen and oxygen atoms in total. The van der Waals surface area contributed by atoms with Crippen molar-refractivity contribution in [1.82, 2.24) is 19.7 Å². The van der Waals surface area contributed by atoms with Crippen molar-refractivity contribution in [2.45, 2.75) is 12.2 Å². The Morgan fingerprint density at radius 2 is 2.12 bits per heavy atom. The van der Waals surface area contributed by atoms with Gasteiger partial charge in [-0.1, -0.05) is 0 Å². The van der Waals surface area contributed by atoms with Crippen LogP contribution in [-0.2, 0) is 7.05 Å². The van der Waals surface area contributed by atoms with Crippen molar-refractivity contribution in [1.29, 1.82) is 0 Å². The first-order valence-electron chi connectivity index (χ1n) is 7.70. The van der Waals surface area contributed by atoms with Crippen LogP contribution in [0.3, 0.4) is 0 Å². The molecule has 0 bridgehead atoms. The number of anilines is 1. The minimum Gasteiger partial charge on any atom is -0.482 e. The standard InChI is InChI=1S/C16H21N5O3/c1-19(2)15-5-4-11(6-17-15)16(23)21-9-13(22)14(10-21)24-12-7-18-20(3)8-12/h4-8,13-14,22H,9-10H2,1-3H3/t13-,14-/m1/s1. The van der Waals surface area contributed by atoms with Gasteiger partial charge in [0.15, 0.2) is 5.75 Å². The highest BCUT2D eigenvalue weighted by Crippen LogP contribution is 2.20. The first-order valence-corrected chi connectivity index (χ1v) is 7.70. The molecule has 1 amide bonds. The highest BCUT2D eigenvalue weighted by atomic mass is 16.5. The van der Waals surface area contributed by atoms with Crippen LogP contribution in [0, 0.1) is 0 Å². The van der Waals surface area contributed by atoms with Crippen molar-refractivity contribution in [3.8, 4) is 5.75 Å². The number of carbonyl (C=O) groups is 1. The molecule has 1 aliphatic rings. The van der Waals surface area contributed by atoms with E-state index in [1.165, 1.54) is 0 Å². The Morgan fingerprint density at radius 3 is 2.71 bits per heavy atom. The Hall–Kier alpha value is -2.61. The normalized spacial score (nSPS) is 20.2. The van der Waals surface area contributed by atoms with Crippen LogP contribution in [0.2, 0.25) is 0 Å². The van der Waals surface area contributed by atoms with Gasteiger partial charge in [-0.15, -0.1) is 0 Å². The Balaban J connectivity index is 1.66. The lowest BCUT2D eigenvalue weighted by Crippen LogP contribution is -2.31. The van der Waals surface area contributed by atoms with Gasteiger partial charge in [-0.25, -0.2) is 4.98 Å². The van der Waals surface area contributed by atoms with E-state index in [2.05, 4.69) is 10.1 Å². The molecule has 1 aliphatic heterocycles. The molecule has 0 aromatic carbocycles. The van der Waals surface area contributed by atoms with Gasteiger partial charge in [0.1, 0.15) is 18.0 Å². The monoisotopic (exact) mass is 331 g/mol. The molecule has 2 atom stereocenters. The summed E-state index contributed by atoms with van der Waals surface area (Å²) in [5, 5.41) is 14.2. The molecular formula is C16H21N5O3. The number of carbonyl (C=O) groups excluding carboxylic acids is 1. The second kappa shape index (κ2) is 6.48. The summed E-state index contributed by atoms with van der Waals surface area (Å²) in [7, 11) is 5.57. The van der Waals surface area contributed by atoms with Gasteiger partial charge in [0.25, 0.3) is 5.91 Å². The summed E-state index contributed by atoms with van der Waals surface area (Å²) in [6, 6.07) is 3.54. The average molecular weight is 331 g/mol. The number of nitrogens with zero attached hydrogens (tertiary/aromatic N) is 5. The fourth-order valence-corrected chi connectivity index (χ4v) is 2.63. The Labute approximate surface area is 140 Å². The quantitative estimate of drug-likeness (QED) is 0.858. The topological polar surface area (TPSA) is 83.7 Å². The molecule has 1 fully saturated rings. The largest absolute Gasteiger partial charge is 0.482 e. The molecule has 3 rings (SSSR count). The third kappa shape index (κ3) is 3.33. The number of aromatic nitrogens is 3. The summed E-state index contributed by atoms with van der Waals surface area (Å²) in [5.74, 6) is 1.20. The zero-order valence-corrected chi connectivity index (χ0v) is 14.0. The summed E-state index contributed by atoms with van der Waals surface area (Å²) in [5.41, 5.74) is 0.495. The lowest BCUT2D eigenvalue weighted by molar-refractivity contribution is 0.0729. The fraction of sp³-hybridized carbons (Fsp3) is 0.438. The zero-order valence-electron chi connectivity index (χ0n) is 14.0. The Morgan fingerprint density at radius 1 is 1.33 bits per heavy atom. The molecule has 0 spiro atoms. The molecule has 0 aliphatic carbocycles. The number of likely N-dealkylation sites (tertiary alicyclic amines) is 1. The molecule has 0 unspecified atom stereocenters. The molecule has 0 radical (unpaired) electrons. The molecule has 2 aromatic rings. The van der Waals surface area contributed by atoms with Gasteiger partial charge in [0.2, 0.25) is 0 Å². The van der Waals surface area contributed by atoms with E-state index in [0.717, 1.165) is 5.82 Å². The molecular weight excluding hydrogens is 310 g/mol. The summed E-state index contributed by atoms with van der Waals surface area (Å²) in [4.78, 5) is 20.3. The van der Waals surface area contributed by atoms with Crippen LogP contribution < -0.4 is 9.64 Å². The minimum absolute atomic E-state index is 0.163. The van der Waals surface area contributed by atoms with Crippen molar-refractivity contribution in [3.63, 3.8) is 0 Å². The molecule has 1 N–H and O–H groups in total. The maximum Gasteiger partial charge on any atom is 0.255 e. The van der Waals surface area contributed by atoms with Crippen molar-refractivity contribution < 1.29 is 14.6 Å².